The summed E-state index contributed by atoms with van der Waals surface area (Å²) in [6, 6.07) is 3.85. The number of ether oxygens (including phenoxy) is 5. The molecule has 3 aliphatic rings. The van der Waals surface area contributed by atoms with Crippen molar-refractivity contribution in [2.45, 2.75) is 102 Å². The highest BCUT2D eigenvalue weighted by Crippen LogP contribution is 2.50. The highest BCUT2D eigenvalue weighted by Gasteiger charge is 2.62. The van der Waals surface area contributed by atoms with Gasteiger partial charge in [-0.15, -0.1) is 0 Å². The van der Waals surface area contributed by atoms with Crippen LogP contribution in [0.4, 0.5) is 10.6 Å². The van der Waals surface area contributed by atoms with Crippen LogP contribution in [0, 0.1) is 0 Å². The Labute approximate surface area is 223 Å². The summed E-state index contributed by atoms with van der Waals surface area (Å²) in [5.41, 5.74) is 0.568. The van der Waals surface area contributed by atoms with Gasteiger partial charge < -0.3 is 28.6 Å². The van der Waals surface area contributed by atoms with Gasteiger partial charge in [-0.3, -0.25) is 0 Å². The third-order valence-corrected chi connectivity index (χ3v) is 7.38. The molecule has 1 aliphatic carbocycles. The highest BCUT2D eigenvalue weighted by molar-refractivity contribution is 5.71. The molecule has 0 bridgehead atoms. The molecule has 2 aliphatic heterocycles. The molecule has 4 atom stereocenters. The van der Waals surface area contributed by atoms with Gasteiger partial charge in [-0.25, -0.2) is 19.3 Å². The van der Waals surface area contributed by atoms with Crippen LogP contribution >= 0.6 is 0 Å². The van der Waals surface area contributed by atoms with Crippen molar-refractivity contribution in [3.63, 3.8) is 0 Å². The van der Waals surface area contributed by atoms with E-state index in [0.717, 1.165) is 36.9 Å². The molecule has 5 rings (SSSR count). The Bertz CT molecular complexity index is 1160. The number of hydrogen-bond donors (Lipinski definition) is 0. The van der Waals surface area contributed by atoms with Crippen LogP contribution < -0.4 is 0 Å². The summed E-state index contributed by atoms with van der Waals surface area (Å²) in [7, 11) is 3.79. The summed E-state index contributed by atoms with van der Waals surface area (Å²) >= 11 is 0. The van der Waals surface area contributed by atoms with Gasteiger partial charge in [0.25, 0.3) is 0 Å². The second kappa shape index (κ2) is 10.8. The van der Waals surface area contributed by atoms with E-state index in [1.807, 2.05) is 51.9 Å². The SMILES string of the molecule is CN(C)/C=N\c1ncnn2c([C@@H]3O[C@](C)(COC(=O)OC4CCCCCCC4)[C@H]4OC(C)(C)O[C@@H]34)ccc12. The summed E-state index contributed by atoms with van der Waals surface area (Å²) in [5, 5.41) is 4.46. The lowest BCUT2D eigenvalue weighted by molar-refractivity contribution is -0.214. The van der Waals surface area contributed by atoms with Gasteiger partial charge in [0, 0.05) is 14.1 Å². The molecule has 2 aromatic heterocycles. The molecule has 3 fully saturated rings. The molecule has 0 N–H and O–H groups in total. The number of carbonyl (C=O) groups is 1. The van der Waals surface area contributed by atoms with Crippen molar-refractivity contribution in [1.82, 2.24) is 19.5 Å². The molecular weight excluding hydrogens is 490 g/mol. The molecule has 0 amide bonds. The Morgan fingerprint density at radius 3 is 2.61 bits per heavy atom. The first kappa shape index (κ1) is 26.8. The maximum absolute atomic E-state index is 12.6. The molecule has 2 aromatic rings. The van der Waals surface area contributed by atoms with Gasteiger partial charge in [-0.2, -0.15) is 5.10 Å². The monoisotopic (exact) mass is 529 g/mol. The number of nitrogens with zero attached hydrogens (tertiary/aromatic N) is 5. The van der Waals surface area contributed by atoms with Gasteiger partial charge in [0.05, 0.1) is 12.0 Å². The van der Waals surface area contributed by atoms with Crippen LogP contribution in [0.25, 0.3) is 5.52 Å². The number of fused-ring (bicyclic) bond motifs is 2. The molecule has 0 unspecified atom stereocenters. The number of aromatic nitrogens is 3. The first-order chi connectivity index (χ1) is 18.2. The summed E-state index contributed by atoms with van der Waals surface area (Å²) in [6.45, 7) is 5.61. The first-order valence-corrected chi connectivity index (χ1v) is 13.6. The van der Waals surface area contributed by atoms with E-state index in [2.05, 4.69) is 15.1 Å². The fourth-order valence-corrected chi connectivity index (χ4v) is 5.59. The lowest BCUT2D eigenvalue weighted by atomic mass is 9.97. The Morgan fingerprint density at radius 2 is 1.87 bits per heavy atom. The normalized spacial score (nSPS) is 29.8. The van der Waals surface area contributed by atoms with Gasteiger partial charge in [-0.05, 0) is 58.6 Å². The van der Waals surface area contributed by atoms with E-state index < -0.39 is 35.9 Å². The average molecular weight is 530 g/mol. The minimum absolute atomic E-state index is 0.0215. The maximum atomic E-state index is 12.6. The predicted octanol–water partition coefficient (Wildman–Crippen LogP) is 4.57. The van der Waals surface area contributed by atoms with E-state index in [-0.39, 0.29) is 12.7 Å². The Hall–Kier alpha value is -2.76. The highest BCUT2D eigenvalue weighted by atomic mass is 16.8. The number of aliphatic imine (C=N–C) groups is 1. The fraction of sp³-hybridized carbons (Fsp3) is 0.704. The van der Waals surface area contributed by atoms with Crippen LogP contribution in [0.5, 0.6) is 0 Å². The van der Waals surface area contributed by atoms with Crippen molar-refractivity contribution in [3.8, 4) is 0 Å². The molecule has 2 saturated heterocycles. The first-order valence-electron chi connectivity index (χ1n) is 13.6. The fourth-order valence-electron chi connectivity index (χ4n) is 5.59. The quantitative estimate of drug-likeness (QED) is 0.302. The van der Waals surface area contributed by atoms with E-state index in [9.17, 15) is 4.79 Å². The van der Waals surface area contributed by atoms with Crippen LogP contribution in [0.3, 0.4) is 0 Å². The van der Waals surface area contributed by atoms with Gasteiger partial charge in [0.1, 0.15) is 48.5 Å². The third kappa shape index (κ3) is 5.64. The molecule has 38 heavy (non-hydrogen) atoms. The second-order valence-corrected chi connectivity index (χ2v) is 11.3. The summed E-state index contributed by atoms with van der Waals surface area (Å²) in [5.74, 6) is -0.275. The van der Waals surface area contributed by atoms with Crippen LogP contribution in [0.2, 0.25) is 0 Å². The smallest absolute Gasteiger partial charge is 0.431 e. The Morgan fingerprint density at radius 1 is 1.13 bits per heavy atom. The molecule has 208 valence electrons. The zero-order valence-corrected chi connectivity index (χ0v) is 23.0. The summed E-state index contributed by atoms with van der Waals surface area (Å²) in [4.78, 5) is 23.3. The minimum atomic E-state index is -0.952. The van der Waals surface area contributed by atoms with E-state index in [0.29, 0.717) is 5.82 Å². The molecule has 0 spiro atoms. The molecule has 0 radical (unpaired) electrons. The number of rotatable bonds is 6. The van der Waals surface area contributed by atoms with Gasteiger partial charge in [-0.1, -0.05) is 19.3 Å². The lowest BCUT2D eigenvalue weighted by Gasteiger charge is -2.31. The van der Waals surface area contributed by atoms with Crippen LogP contribution in [-0.2, 0) is 23.7 Å². The zero-order valence-electron chi connectivity index (χ0n) is 23.0. The van der Waals surface area contributed by atoms with Crippen LogP contribution in [0.1, 0.15) is 77.5 Å². The van der Waals surface area contributed by atoms with E-state index in [4.69, 9.17) is 23.7 Å². The van der Waals surface area contributed by atoms with Crippen molar-refractivity contribution in [2.24, 2.45) is 4.99 Å². The van der Waals surface area contributed by atoms with Gasteiger partial charge in [0.2, 0.25) is 0 Å². The van der Waals surface area contributed by atoms with Crippen molar-refractivity contribution in [2.75, 3.05) is 20.7 Å². The average Bonchev–Trinajstić information content (AvgIpc) is 3.49. The summed E-state index contributed by atoms with van der Waals surface area (Å²) < 4.78 is 32.2. The van der Waals surface area contributed by atoms with E-state index >= 15 is 0 Å². The molecule has 0 aromatic carbocycles. The molecule has 1 saturated carbocycles. The van der Waals surface area contributed by atoms with E-state index in [1.54, 1.807) is 10.9 Å². The molecule has 4 heterocycles. The predicted molar refractivity (Wildman–Crippen MR) is 139 cm³/mol. The standard InChI is InChI=1S/C27H39N5O6/c1-26(2)36-22-21(19-13-14-20-24(29-17-31(4)5)28-16-30-32(19)20)37-27(3,23(22)38-26)15-34-25(33)35-18-11-9-7-6-8-10-12-18/h13-14,16-18,21-23H,6-12,15H2,1-5H3/b29-17-/t21-,22-,23-,27+/m0/s1. The minimum Gasteiger partial charge on any atom is -0.431 e. The number of carbonyl (C=O) groups excluding carboxylic acids is 1. The van der Waals surface area contributed by atoms with Crippen LogP contribution in [-0.4, -0.2) is 82.4 Å². The Balaban J connectivity index is 1.34. The van der Waals surface area contributed by atoms with Crippen molar-refractivity contribution in [3.05, 3.63) is 24.2 Å². The molecule has 11 nitrogen and oxygen atoms in total. The number of hydrogen-bond acceptors (Lipinski definition) is 9. The molecule has 11 heteroatoms. The largest absolute Gasteiger partial charge is 0.508 e. The van der Waals surface area contributed by atoms with Gasteiger partial charge in [0.15, 0.2) is 11.6 Å². The van der Waals surface area contributed by atoms with Crippen molar-refractivity contribution in [1.29, 1.82) is 0 Å². The maximum Gasteiger partial charge on any atom is 0.508 e. The Kier molecular flexibility index (Phi) is 7.61. The third-order valence-electron chi connectivity index (χ3n) is 7.38. The second-order valence-electron chi connectivity index (χ2n) is 11.3. The topological polar surface area (TPSA) is 109 Å². The van der Waals surface area contributed by atoms with Gasteiger partial charge >= 0.3 is 6.16 Å². The zero-order chi connectivity index (χ0) is 26.9. The van der Waals surface area contributed by atoms with Crippen LogP contribution in [0.15, 0.2) is 23.5 Å². The van der Waals surface area contributed by atoms with Crippen molar-refractivity contribution >= 4 is 23.8 Å². The molecular formula is C27H39N5O6. The van der Waals surface area contributed by atoms with E-state index in [1.165, 1.54) is 25.6 Å². The lowest BCUT2D eigenvalue weighted by Crippen LogP contribution is -2.45. The van der Waals surface area contributed by atoms with Crippen molar-refractivity contribution < 1.29 is 28.5 Å². The summed E-state index contributed by atoms with van der Waals surface area (Å²) in [6.07, 6.45) is 8.51.